The van der Waals surface area contributed by atoms with Gasteiger partial charge in [-0.15, -0.1) is 11.3 Å². The Balaban J connectivity index is 1.53. The van der Waals surface area contributed by atoms with Crippen molar-refractivity contribution in [2.24, 2.45) is 0 Å². The third-order valence-electron chi connectivity index (χ3n) is 5.23. The van der Waals surface area contributed by atoms with Crippen molar-refractivity contribution in [3.8, 4) is 5.69 Å². The zero-order valence-corrected chi connectivity index (χ0v) is 18.8. The van der Waals surface area contributed by atoms with E-state index in [2.05, 4.69) is 10.4 Å². The van der Waals surface area contributed by atoms with E-state index in [-0.39, 0.29) is 18.4 Å². The lowest BCUT2D eigenvalue weighted by Crippen LogP contribution is -2.34. The molecule has 0 saturated heterocycles. The number of nitrogens with one attached hydrogen (secondary N) is 1. The number of aromatic nitrogens is 2. The third-order valence-corrected chi connectivity index (χ3v) is 6.33. The van der Waals surface area contributed by atoms with E-state index in [1.165, 1.54) is 16.2 Å². The smallest absolute Gasteiger partial charge is 0.264 e. The molecule has 2 heterocycles. The van der Waals surface area contributed by atoms with E-state index in [4.69, 9.17) is 0 Å². The maximum absolute atomic E-state index is 13.0. The summed E-state index contributed by atoms with van der Waals surface area (Å²) in [4.78, 5) is 28.5. The van der Waals surface area contributed by atoms with E-state index in [1.807, 2.05) is 80.1 Å². The first kappa shape index (κ1) is 20.8. The van der Waals surface area contributed by atoms with Gasteiger partial charge in [0.2, 0.25) is 5.91 Å². The molecule has 0 aliphatic carbocycles. The van der Waals surface area contributed by atoms with E-state index >= 15 is 0 Å². The van der Waals surface area contributed by atoms with Gasteiger partial charge >= 0.3 is 0 Å². The van der Waals surface area contributed by atoms with Crippen LogP contribution in [0.4, 0.5) is 5.69 Å². The molecule has 0 fully saturated rings. The van der Waals surface area contributed by atoms with Crippen molar-refractivity contribution in [2.75, 3.05) is 18.9 Å². The number of aryl methyl sites for hydroxylation is 3. The zero-order valence-electron chi connectivity index (χ0n) is 18.0. The molecular formula is C24H24N4O2S. The SMILES string of the molecule is Cc1cccc(C)c1NC(=O)CN(C)C(=O)c1cc2c(C)nn(-c3ccccc3)c2s1. The minimum absolute atomic E-state index is 0.0232. The average molecular weight is 433 g/mol. The number of amides is 2. The van der Waals surface area contributed by atoms with Crippen LogP contribution in [-0.2, 0) is 4.79 Å². The van der Waals surface area contributed by atoms with Crippen LogP contribution in [0.3, 0.4) is 0 Å². The summed E-state index contributed by atoms with van der Waals surface area (Å²) in [5.41, 5.74) is 4.60. The summed E-state index contributed by atoms with van der Waals surface area (Å²) in [6.45, 7) is 5.81. The average Bonchev–Trinajstić information content (AvgIpc) is 3.31. The molecule has 0 bridgehead atoms. The van der Waals surface area contributed by atoms with Gasteiger partial charge in [0.1, 0.15) is 4.83 Å². The second kappa shape index (κ2) is 8.35. The van der Waals surface area contributed by atoms with E-state index in [0.717, 1.165) is 38.4 Å². The number of likely N-dealkylation sites (N-methyl/N-ethyl adjacent to an activating group) is 1. The minimum Gasteiger partial charge on any atom is -0.332 e. The second-order valence-corrected chi connectivity index (χ2v) is 8.67. The van der Waals surface area contributed by atoms with Gasteiger partial charge in [-0.2, -0.15) is 5.10 Å². The molecule has 0 spiro atoms. The predicted octanol–water partition coefficient (Wildman–Crippen LogP) is 4.72. The Morgan fingerprint density at radius 1 is 1.03 bits per heavy atom. The maximum Gasteiger partial charge on any atom is 0.264 e. The topological polar surface area (TPSA) is 67.2 Å². The summed E-state index contributed by atoms with van der Waals surface area (Å²) in [5, 5.41) is 8.50. The fourth-order valence-corrected chi connectivity index (χ4v) is 4.74. The number of nitrogens with zero attached hydrogens (tertiary/aromatic N) is 3. The molecule has 31 heavy (non-hydrogen) atoms. The van der Waals surface area contributed by atoms with E-state index < -0.39 is 0 Å². The van der Waals surface area contributed by atoms with Gasteiger partial charge in [0.25, 0.3) is 5.91 Å². The largest absolute Gasteiger partial charge is 0.332 e. The number of hydrogen-bond donors (Lipinski definition) is 1. The van der Waals surface area contributed by atoms with Crippen molar-refractivity contribution in [1.82, 2.24) is 14.7 Å². The highest BCUT2D eigenvalue weighted by Crippen LogP contribution is 2.31. The second-order valence-electron chi connectivity index (χ2n) is 7.64. The van der Waals surface area contributed by atoms with Gasteiger partial charge in [0, 0.05) is 18.1 Å². The van der Waals surface area contributed by atoms with Crippen molar-refractivity contribution in [3.63, 3.8) is 0 Å². The minimum atomic E-state index is -0.221. The molecular weight excluding hydrogens is 408 g/mol. The lowest BCUT2D eigenvalue weighted by molar-refractivity contribution is -0.116. The molecule has 6 nitrogen and oxygen atoms in total. The Morgan fingerprint density at radius 3 is 2.39 bits per heavy atom. The number of rotatable bonds is 5. The monoisotopic (exact) mass is 432 g/mol. The lowest BCUT2D eigenvalue weighted by atomic mass is 10.1. The third kappa shape index (κ3) is 4.09. The summed E-state index contributed by atoms with van der Waals surface area (Å²) in [6, 6.07) is 17.6. The standard InChI is InChI=1S/C24H24N4O2S/c1-15-9-8-10-16(2)22(15)25-21(29)14-27(4)23(30)20-13-19-17(3)26-28(24(19)31-20)18-11-6-5-7-12-18/h5-13H,14H2,1-4H3,(H,25,29). The zero-order chi connectivity index (χ0) is 22.1. The van der Waals surface area contributed by atoms with Crippen molar-refractivity contribution >= 4 is 39.1 Å². The van der Waals surface area contributed by atoms with Crippen molar-refractivity contribution in [1.29, 1.82) is 0 Å². The van der Waals surface area contributed by atoms with Crippen molar-refractivity contribution in [2.45, 2.75) is 20.8 Å². The van der Waals surface area contributed by atoms with Crippen LogP contribution in [0.15, 0.2) is 54.6 Å². The van der Waals surface area contributed by atoms with Crippen LogP contribution in [0.1, 0.15) is 26.5 Å². The molecule has 2 aromatic carbocycles. The molecule has 0 unspecified atom stereocenters. The molecule has 4 rings (SSSR count). The van der Waals surface area contributed by atoms with Gasteiger partial charge in [0.15, 0.2) is 0 Å². The molecule has 0 aliphatic rings. The quantitative estimate of drug-likeness (QED) is 0.496. The van der Waals surface area contributed by atoms with E-state index in [0.29, 0.717) is 4.88 Å². The molecule has 7 heteroatoms. The summed E-state index contributed by atoms with van der Waals surface area (Å²) < 4.78 is 1.86. The van der Waals surface area contributed by atoms with Gasteiger partial charge in [-0.3, -0.25) is 9.59 Å². The first-order chi connectivity index (χ1) is 14.8. The highest BCUT2D eigenvalue weighted by molar-refractivity contribution is 7.20. The fourth-order valence-electron chi connectivity index (χ4n) is 3.56. The summed E-state index contributed by atoms with van der Waals surface area (Å²) >= 11 is 1.39. The lowest BCUT2D eigenvalue weighted by Gasteiger charge is -2.17. The van der Waals surface area contributed by atoms with Crippen molar-refractivity contribution in [3.05, 3.63) is 76.3 Å². The molecule has 2 aromatic heterocycles. The van der Waals surface area contributed by atoms with E-state index in [9.17, 15) is 9.59 Å². The van der Waals surface area contributed by atoms with Crippen LogP contribution in [0.2, 0.25) is 0 Å². The molecule has 0 aliphatic heterocycles. The summed E-state index contributed by atoms with van der Waals surface area (Å²) in [6.07, 6.45) is 0. The number of hydrogen-bond acceptors (Lipinski definition) is 4. The molecule has 2 amide bonds. The first-order valence-electron chi connectivity index (χ1n) is 10.0. The van der Waals surface area contributed by atoms with E-state index in [1.54, 1.807) is 7.05 Å². The Kier molecular flexibility index (Phi) is 5.61. The van der Waals surface area contributed by atoms with Crippen LogP contribution < -0.4 is 5.32 Å². The summed E-state index contributed by atoms with van der Waals surface area (Å²) in [5.74, 6) is -0.405. The van der Waals surface area contributed by atoms with Crippen LogP contribution in [0, 0.1) is 20.8 Å². The van der Waals surface area contributed by atoms with Gasteiger partial charge < -0.3 is 10.2 Å². The van der Waals surface area contributed by atoms with Gasteiger partial charge in [-0.1, -0.05) is 36.4 Å². The number of anilines is 1. The number of fused-ring (bicyclic) bond motifs is 1. The number of carbonyl (C=O) groups is 2. The molecule has 158 valence electrons. The van der Waals surface area contributed by atoms with Gasteiger partial charge in [0.05, 0.1) is 22.8 Å². The van der Waals surface area contributed by atoms with Crippen LogP contribution in [0.5, 0.6) is 0 Å². The predicted molar refractivity (Wildman–Crippen MR) is 125 cm³/mol. The van der Waals surface area contributed by atoms with Gasteiger partial charge in [-0.25, -0.2) is 4.68 Å². The number of para-hydroxylation sites is 2. The highest BCUT2D eigenvalue weighted by Gasteiger charge is 2.21. The summed E-state index contributed by atoms with van der Waals surface area (Å²) in [7, 11) is 1.65. The Labute approximate surface area is 185 Å². The number of carbonyl (C=O) groups excluding carboxylic acids is 2. The maximum atomic E-state index is 13.0. The Bertz CT molecular complexity index is 1250. The van der Waals surface area contributed by atoms with Crippen LogP contribution in [0.25, 0.3) is 15.9 Å². The molecule has 1 N–H and O–H groups in total. The molecule has 0 saturated carbocycles. The Morgan fingerprint density at radius 2 is 1.71 bits per heavy atom. The normalized spacial score (nSPS) is 11.0. The van der Waals surface area contributed by atoms with Crippen LogP contribution >= 0.6 is 11.3 Å². The Hall–Kier alpha value is -3.45. The van der Waals surface area contributed by atoms with Crippen molar-refractivity contribution < 1.29 is 9.59 Å². The van der Waals surface area contributed by atoms with Crippen LogP contribution in [-0.4, -0.2) is 40.1 Å². The molecule has 0 atom stereocenters. The molecule has 4 aromatic rings. The van der Waals surface area contributed by atoms with Gasteiger partial charge in [-0.05, 0) is 50.1 Å². The highest BCUT2D eigenvalue weighted by atomic mass is 32.1. The molecule has 0 radical (unpaired) electrons. The first-order valence-corrected chi connectivity index (χ1v) is 10.8. The number of thiophene rings is 1. The fraction of sp³-hybridized carbons (Fsp3) is 0.208. The number of benzene rings is 2.